The third-order valence-electron chi connectivity index (χ3n) is 5.68. The summed E-state index contributed by atoms with van der Waals surface area (Å²) in [6, 6.07) is 3.13. The molecule has 5 nitrogen and oxygen atoms in total. The minimum atomic E-state index is -0.627. The molecule has 4 rings (SSSR count). The summed E-state index contributed by atoms with van der Waals surface area (Å²) in [6.45, 7) is 5.08. The van der Waals surface area contributed by atoms with Crippen LogP contribution in [-0.4, -0.2) is 60.6 Å². The van der Waals surface area contributed by atoms with Crippen LogP contribution in [0.2, 0.25) is 0 Å². The van der Waals surface area contributed by atoms with E-state index in [0.29, 0.717) is 26.1 Å². The quantitative estimate of drug-likeness (QED) is 0.811. The van der Waals surface area contributed by atoms with Crippen molar-refractivity contribution in [2.24, 2.45) is 5.73 Å². The Morgan fingerprint density at radius 1 is 1.19 bits per heavy atom. The lowest BCUT2D eigenvalue weighted by atomic mass is 9.93. The molecule has 1 aromatic rings. The van der Waals surface area contributed by atoms with Crippen molar-refractivity contribution in [3.05, 3.63) is 46.5 Å². The molecule has 0 bridgehead atoms. The average Bonchev–Trinajstić information content (AvgIpc) is 3.16. The van der Waals surface area contributed by atoms with Gasteiger partial charge in [-0.2, -0.15) is 0 Å². The van der Waals surface area contributed by atoms with Gasteiger partial charge in [0, 0.05) is 50.7 Å². The largest absolute Gasteiger partial charge is 0.370 e. The summed E-state index contributed by atoms with van der Waals surface area (Å²) in [4.78, 5) is 15.7. The predicted octanol–water partition coefficient (Wildman–Crippen LogP) is 1.60. The molecular formula is C19H23F2N3O2. The molecule has 0 spiro atoms. The predicted molar refractivity (Wildman–Crippen MR) is 92.3 cm³/mol. The Labute approximate surface area is 151 Å². The number of nitrogens with zero attached hydrogens (tertiary/aromatic N) is 2. The van der Waals surface area contributed by atoms with E-state index in [1.165, 1.54) is 17.2 Å². The highest BCUT2D eigenvalue weighted by atomic mass is 19.1. The molecule has 26 heavy (non-hydrogen) atoms. The summed E-state index contributed by atoms with van der Waals surface area (Å²) < 4.78 is 33.4. The van der Waals surface area contributed by atoms with Crippen LogP contribution in [0.4, 0.5) is 8.78 Å². The SMILES string of the molecule is CC(=O)N1CC2=C(C1)CN([C@H]1CO[C@H](c3cc(F)ccc3F)[C@@H](N)C1)C2. The van der Waals surface area contributed by atoms with Gasteiger partial charge in [-0.3, -0.25) is 9.69 Å². The van der Waals surface area contributed by atoms with E-state index >= 15 is 0 Å². The summed E-state index contributed by atoms with van der Waals surface area (Å²) in [5, 5.41) is 0. The van der Waals surface area contributed by atoms with Crippen molar-refractivity contribution in [3.63, 3.8) is 0 Å². The number of ether oxygens (including phenoxy) is 1. The Morgan fingerprint density at radius 3 is 2.50 bits per heavy atom. The zero-order valence-electron chi connectivity index (χ0n) is 14.8. The first-order valence-corrected chi connectivity index (χ1v) is 8.94. The molecule has 3 heterocycles. The first kappa shape index (κ1) is 17.6. The van der Waals surface area contributed by atoms with Crippen molar-refractivity contribution in [3.8, 4) is 0 Å². The van der Waals surface area contributed by atoms with Crippen molar-refractivity contribution in [1.82, 2.24) is 9.80 Å². The van der Waals surface area contributed by atoms with E-state index in [-0.39, 0.29) is 17.5 Å². The number of rotatable bonds is 2. The highest BCUT2D eigenvalue weighted by molar-refractivity contribution is 5.75. The maximum atomic E-state index is 14.0. The highest BCUT2D eigenvalue weighted by Gasteiger charge is 2.38. The standard InChI is InChI=1S/C19H23F2N3O2/c1-11(25)23-6-12-8-24(9-13(12)7-23)15-5-18(22)19(26-10-15)16-4-14(20)2-3-17(16)21/h2-4,15,18-19H,5-10,22H2,1H3/t15-,18+,19-/m1/s1. The molecule has 3 aliphatic rings. The lowest BCUT2D eigenvalue weighted by Crippen LogP contribution is -2.49. The van der Waals surface area contributed by atoms with E-state index < -0.39 is 23.8 Å². The third-order valence-corrected chi connectivity index (χ3v) is 5.68. The number of amides is 1. The van der Waals surface area contributed by atoms with E-state index in [1.807, 2.05) is 4.90 Å². The molecule has 0 aromatic heterocycles. The molecule has 3 aliphatic heterocycles. The molecule has 3 atom stereocenters. The van der Waals surface area contributed by atoms with Gasteiger partial charge in [0.05, 0.1) is 6.61 Å². The van der Waals surface area contributed by atoms with Crippen molar-refractivity contribution < 1.29 is 18.3 Å². The van der Waals surface area contributed by atoms with Crippen molar-refractivity contribution >= 4 is 5.91 Å². The first-order chi connectivity index (χ1) is 12.4. The Morgan fingerprint density at radius 2 is 1.88 bits per heavy atom. The van der Waals surface area contributed by atoms with Crippen LogP contribution in [0.25, 0.3) is 0 Å². The molecule has 1 saturated heterocycles. The van der Waals surface area contributed by atoms with Gasteiger partial charge in [-0.05, 0) is 35.8 Å². The van der Waals surface area contributed by atoms with E-state index in [2.05, 4.69) is 4.90 Å². The van der Waals surface area contributed by atoms with Crippen LogP contribution in [-0.2, 0) is 9.53 Å². The fraction of sp³-hybridized carbons (Fsp3) is 0.526. The lowest BCUT2D eigenvalue weighted by Gasteiger charge is -2.39. The number of carbonyl (C=O) groups is 1. The number of benzene rings is 1. The molecule has 0 aliphatic carbocycles. The normalized spacial score (nSPS) is 29.4. The topological polar surface area (TPSA) is 58.8 Å². The Balaban J connectivity index is 1.38. The minimum Gasteiger partial charge on any atom is -0.370 e. The second-order valence-electron chi connectivity index (χ2n) is 7.46. The van der Waals surface area contributed by atoms with Gasteiger partial charge in [0.2, 0.25) is 5.91 Å². The Hall–Kier alpha value is -1.83. The van der Waals surface area contributed by atoms with Crippen molar-refractivity contribution in [2.75, 3.05) is 32.8 Å². The monoisotopic (exact) mass is 363 g/mol. The molecule has 0 unspecified atom stereocenters. The highest BCUT2D eigenvalue weighted by Crippen LogP contribution is 2.34. The van der Waals surface area contributed by atoms with Crippen LogP contribution in [0.3, 0.4) is 0 Å². The van der Waals surface area contributed by atoms with Gasteiger partial charge in [-0.25, -0.2) is 8.78 Å². The van der Waals surface area contributed by atoms with Gasteiger partial charge in [0.25, 0.3) is 0 Å². The summed E-state index contributed by atoms with van der Waals surface area (Å²) in [5.41, 5.74) is 9.07. The second kappa shape index (κ2) is 6.72. The Bertz CT molecular complexity index is 749. The number of hydrogen-bond acceptors (Lipinski definition) is 4. The maximum Gasteiger partial charge on any atom is 0.220 e. The fourth-order valence-electron chi connectivity index (χ4n) is 4.24. The zero-order valence-corrected chi connectivity index (χ0v) is 14.8. The molecule has 7 heteroatoms. The smallest absolute Gasteiger partial charge is 0.220 e. The molecule has 2 N–H and O–H groups in total. The van der Waals surface area contributed by atoms with Crippen LogP contribution in [0.1, 0.15) is 25.0 Å². The lowest BCUT2D eigenvalue weighted by molar-refractivity contribution is -0.127. The molecular weight excluding hydrogens is 340 g/mol. The van der Waals surface area contributed by atoms with Gasteiger partial charge in [0.15, 0.2) is 0 Å². The van der Waals surface area contributed by atoms with Gasteiger partial charge in [0.1, 0.15) is 17.7 Å². The van der Waals surface area contributed by atoms with Crippen LogP contribution >= 0.6 is 0 Å². The van der Waals surface area contributed by atoms with E-state index in [9.17, 15) is 13.6 Å². The van der Waals surface area contributed by atoms with E-state index in [0.717, 1.165) is 25.2 Å². The van der Waals surface area contributed by atoms with Gasteiger partial charge >= 0.3 is 0 Å². The number of carbonyl (C=O) groups excluding carboxylic acids is 1. The maximum absolute atomic E-state index is 14.0. The fourth-order valence-corrected chi connectivity index (χ4v) is 4.24. The van der Waals surface area contributed by atoms with Crippen LogP contribution < -0.4 is 5.73 Å². The summed E-state index contributed by atoms with van der Waals surface area (Å²) >= 11 is 0. The average molecular weight is 363 g/mol. The summed E-state index contributed by atoms with van der Waals surface area (Å²) in [6.07, 6.45) is 0.0370. The molecule has 1 fully saturated rings. The van der Waals surface area contributed by atoms with E-state index in [4.69, 9.17) is 10.5 Å². The number of halogens is 2. The molecule has 0 saturated carbocycles. The van der Waals surface area contributed by atoms with Gasteiger partial charge < -0.3 is 15.4 Å². The van der Waals surface area contributed by atoms with Gasteiger partial charge in [-0.1, -0.05) is 0 Å². The minimum absolute atomic E-state index is 0.105. The molecule has 140 valence electrons. The Kier molecular flexibility index (Phi) is 4.54. The first-order valence-electron chi connectivity index (χ1n) is 8.94. The summed E-state index contributed by atoms with van der Waals surface area (Å²) in [5.74, 6) is -0.875. The van der Waals surface area contributed by atoms with Crippen molar-refractivity contribution in [1.29, 1.82) is 0 Å². The zero-order chi connectivity index (χ0) is 18.4. The van der Waals surface area contributed by atoms with Crippen molar-refractivity contribution in [2.45, 2.75) is 31.5 Å². The molecule has 1 amide bonds. The summed E-state index contributed by atoms with van der Waals surface area (Å²) in [7, 11) is 0. The van der Waals surface area contributed by atoms with E-state index in [1.54, 1.807) is 6.92 Å². The van der Waals surface area contributed by atoms with Crippen LogP contribution in [0, 0.1) is 11.6 Å². The number of nitrogens with two attached hydrogens (primary N) is 1. The van der Waals surface area contributed by atoms with Crippen LogP contribution in [0.15, 0.2) is 29.3 Å². The third kappa shape index (κ3) is 3.15. The molecule has 1 aromatic carbocycles. The second-order valence-corrected chi connectivity index (χ2v) is 7.46. The van der Waals surface area contributed by atoms with Gasteiger partial charge in [-0.15, -0.1) is 0 Å². The number of hydrogen-bond donors (Lipinski definition) is 1. The van der Waals surface area contributed by atoms with Crippen LogP contribution in [0.5, 0.6) is 0 Å². The molecule has 0 radical (unpaired) electrons.